The van der Waals surface area contributed by atoms with Gasteiger partial charge in [0.05, 0.1) is 11.7 Å². The van der Waals surface area contributed by atoms with Crippen LogP contribution in [0.1, 0.15) is 70.8 Å². The molecule has 3 rings (SSSR count). The van der Waals surface area contributed by atoms with E-state index < -0.39 is 0 Å². The summed E-state index contributed by atoms with van der Waals surface area (Å²) in [5.74, 6) is 1.15. The molecule has 1 saturated carbocycles. The molecule has 1 aliphatic carbocycles. The molecule has 26 heavy (non-hydrogen) atoms. The second kappa shape index (κ2) is 7.53. The van der Waals surface area contributed by atoms with Crippen LogP contribution in [0.15, 0.2) is 30.3 Å². The first-order valence-electron chi connectivity index (χ1n) is 9.40. The maximum Gasteiger partial charge on any atom is 0.338 e. The summed E-state index contributed by atoms with van der Waals surface area (Å²) in [5, 5.41) is 0. The van der Waals surface area contributed by atoms with Crippen molar-refractivity contribution >= 4 is 5.97 Å². The second-order valence-electron chi connectivity index (χ2n) is 7.59. The zero-order valence-electron chi connectivity index (χ0n) is 16.4. The van der Waals surface area contributed by atoms with Gasteiger partial charge in [-0.05, 0) is 87.8 Å². The molecule has 1 fully saturated rings. The largest absolute Gasteiger partial charge is 0.489 e. The molecule has 0 unspecified atom stereocenters. The topological polar surface area (TPSA) is 35.5 Å². The van der Waals surface area contributed by atoms with Crippen molar-refractivity contribution in [1.82, 2.24) is 0 Å². The minimum absolute atomic E-state index is 0.136. The van der Waals surface area contributed by atoms with Gasteiger partial charge in [0.25, 0.3) is 0 Å². The molecule has 2 aromatic rings. The highest BCUT2D eigenvalue weighted by molar-refractivity contribution is 5.91. The van der Waals surface area contributed by atoms with Crippen LogP contribution >= 0.6 is 0 Å². The van der Waals surface area contributed by atoms with Crippen LogP contribution in [0.2, 0.25) is 0 Å². The van der Waals surface area contributed by atoms with Crippen molar-refractivity contribution < 1.29 is 14.3 Å². The molecular formula is C23H28O3. The molecule has 0 saturated heterocycles. The van der Waals surface area contributed by atoms with Crippen LogP contribution < -0.4 is 4.74 Å². The minimum atomic E-state index is -0.266. The lowest BCUT2D eigenvalue weighted by Gasteiger charge is -2.17. The number of aryl methyl sites for hydroxylation is 3. The van der Waals surface area contributed by atoms with Crippen LogP contribution in [-0.4, -0.2) is 12.1 Å². The van der Waals surface area contributed by atoms with E-state index in [9.17, 15) is 4.79 Å². The van der Waals surface area contributed by atoms with E-state index in [2.05, 4.69) is 39.0 Å². The monoisotopic (exact) mass is 352 g/mol. The van der Waals surface area contributed by atoms with Gasteiger partial charge in [0, 0.05) is 5.56 Å². The smallest absolute Gasteiger partial charge is 0.338 e. The predicted molar refractivity (Wildman–Crippen MR) is 104 cm³/mol. The fourth-order valence-electron chi connectivity index (χ4n) is 3.25. The Bertz CT molecular complexity index is 816. The van der Waals surface area contributed by atoms with Crippen LogP contribution in [0, 0.1) is 20.8 Å². The van der Waals surface area contributed by atoms with Gasteiger partial charge >= 0.3 is 5.97 Å². The third-order valence-corrected chi connectivity index (χ3v) is 4.96. The van der Waals surface area contributed by atoms with Crippen LogP contribution in [-0.2, 0) is 11.3 Å². The molecule has 0 spiro atoms. The molecule has 0 radical (unpaired) electrons. The van der Waals surface area contributed by atoms with Gasteiger partial charge in [-0.3, -0.25) is 0 Å². The predicted octanol–water partition coefficient (Wildman–Crippen LogP) is 5.63. The number of rotatable bonds is 6. The fraction of sp³-hybridized carbons (Fsp3) is 0.435. The van der Waals surface area contributed by atoms with Crippen LogP contribution in [0.4, 0.5) is 0 Å². The Morgan fingerprint density at radius 3 is 2.42 bits per heavy atom. The lowest BCUT2D eigenvalue weighted by atomic mass is 9.98. The molecule has 0 aliphatic heterocycles. The summed E-state index contributed by atoms with van der Waals surface area (Å²) in [7, 11) is 0. The zero-order chi connectivity index (χ0) is 18.8. The number of carbonyl (C=O) groups is 1. The van der Waals surface area contributed by atoms with Crippen molar-refractivity contribution in [2.24, 2.45) is 0 Å². The Hall–Kier alpha value is -2.29. The molecule has 0 N–H and O–H groups in total. The number of carbonyl (C=O) groups excluding carboxylic acids is 1. The molecular weight excluding hydrogens is 324 g/mol. The average molecular weight is 352 g/mol. The number of esters is 1. The first-order valence-corrected chi connectivity index (χ1v) is 9.40. The van der Waals surface area contributed by atoms with Gasteiger partial charge < -0.3 is 9.47 Å². The molecule has 1 aliphatic rings. The normalized spacial score (nSPS) is 13.8. The van der Waals surface area contributed by atoms with Gasteiger partial charge in [0.15, 0.2) is 0 Å². The number of hydrogen-bond donors (Lipinski definition) is 0. The van der Waals surface area contributed by atoms with Crippen molar-refractivity contribution in [2.45, 2.75) is 66.1 Å². The summed E-state index contributed by atoms with van der Waals surface area (Å²) in [6.07, 6.45) is 2.22. The van der Waals surface area contributed by atoms with Crippen molar-refractivity contribution in [3.63, 3.8) is 0 Å². The Morgan fingerprint density at radius 2 is 1.77 bits per heavy atom. The molecule has 0 bridgehead atoms. The lowest BCUT2D eigenvalue weighted by Crippen LogP contribution is -2.16. The highest BCUT2D eigenvalue weighted by Crippen LogP contribution is 2.42. The van der Waals surface area contributed by atoms with Gasteiger partial charge in [0.1, 0.15) is 12.4 Å². The molecule has 3 heteroatoms. The van der Waals surface area contributed by atoms with E-state index in [1.54, 1.807) is 0 Å². The summed E-state index contributed by atoms with van der Waals surface area (Å²) < 4.78 is 11.6. The Labute approximate surface area is 156 Å². The van der Waals surface area contributed by atoms with E-state index in [0.717, 1.165) is 16.9 Å². The van der Waals surface area contributed by atoms with Crippen molar-refractivity contribution in [3.8, 4) is 5.75 Å². The number of hydrogen-bond acceptors (Lipinski definition) is 3. The molecule has 3 nitrogen and oxygen atoms in total. The van der Waals surface area contributed by atoms with Crippen LogP contribution in [0.5, 0.6) is 5.75 Å². The summed E-state index contributed by atoms with van der Waals surface area (Å²) in [5.41, 5.74) is 6.41. The maximum absolute atomic E-state index is 12.6. The van der Waals surface area contributed by atoms with E-state index in [1.165, 1.54) is 29.5 Å². The summed E-state index contributed by atoms with van der Waals surface area (Å²) in [6.45, 7) is 10.4. The highest BCUT2D eigenvalue weighted by Gasteiger charge is 2.29. The summed E-state index contributed by atoms with van der Waals surface area (Å²) >= 11 is 0. The molecule has 0 amide bonds. The molecule has 0 atom stereocenters. The Balaban J connectivity index is 1.90. The van der Waals surface area contributed by atoms with Gasteiger partial charge in [0.2, 0.25) is 0 Å². The van der Waals surface area contributed by atoms with Gasteiger partial charge in [-0.15, -0.1) is 0 Å². The Kier molecular flexibility index (Phi) is 5.36. The Morgan fingerprint density at radius 1 is 1.08 bits per heavy atom. The van der Waals surface area contributed by atoms with Gasteiger partial charge in [-0.2, -0.15) is 0 Å². The standard InChI is InChI=1S/C23H28O3/c1-14(2)26-23(24)20-8-6-7-19(18-9-10-18)21(20)13-25-22-12-16(4)15(3)11-17(22)5/h6-8,11-12,14,18H,9-10,13H2,1-5H3. The summed E-state index contributed by atoms with van der Waals surface area (Å²) in [6, 6.07) is 10.1. The van der Waals surface area contributed by atoms with Crippen molar-refractivity contribution in [3.05, 3.63) is 63.7 Å². The van der Waals surface area contributed by atoms with E-state index >= 15 is 0 Å². The first-order chi connectivity index (χ1) is 12.4. The van der Waals surface area contributed by atoms with Gasteiger partial charge in [-0.25, -0.2) is 4.79 Å². The van der Waals surface area contributed by atoms with E-state index in [1.807, 2.05) is 26.0 Å². The molecule has 138 valence electrons. The molecule has 2 aromatic carbocycles. The maximum atomic E-state index is 12.6. The molecule has 0 aromatic heterocycles. The summed E-state index contributed by atoms with van der Waals surface area (Å²) in [4.78, 5) is 12.6. The molecule has 0 heterocycles. The van der Waals surface area contributed by atoms with Crippen LogP contribution in [0.25, 0.3) is 0 Å². The van der Waals surface area contributed by atoms with E-state index in [4.69, 9.17) is 9.47 Å². The van der Waals surface area contributed by atoms with E-state index in [0.29, 0.717) is 18.1 Å². The quantitative estimate of drug-likeness (QED) is 0.632. The van der Waals surface area contributed by atoms with Crippen molar-refractivity contribution in [1.29, 1.82) is 0 Å². The second-order valence-corrected chi connectivity index (χ2v) is 7.59. The number of ether oxygens (including phenoxy) is 2. The highest BCUT2D eigenvalue weighted by atomic mass is 16.5. The SMILES string of the molecule is Cc1cc(C)c(OCc2c(C(=O)OC(C)C)cccc2C2CC2)cc1C. The third-order valence-electron chi connectivity index (χ3n) is 4.96. The average Bonchev–Trinajstić information content (AvgIpc) is 3.41. The minimum Gasteiger partial charge on any atom is -0.489 e. The van der Waals surface area contributed by atoms with E-state index in [-0.39, 0.29) is 12.1 Å². The lowest BCUT2D eigenvalue weighted by molar-refractivity contribution is 0.0375. The fourth-order valence-corrected chi connectivity index (χ4v) is 3.25. The first kappa shape index (κ1) is 18.5. The van der Waals surface area contributed by atoms with Crippen molar-refractivity contribution in [2.75, 3.05) is 0 Å². The van der Waals surface area contributed by atoms with Gasteiger partial charge in [-0.1, -0.05) is 18.2 Å². The third kappa shape index (κ3) is 4.09. The van der Waals surface area contributed by atoms with Crippen LogP contribution in [0.3, 0.4) is 0 Å². The zero-order valence-corrected chi connectivity index (χ0v) is 16.4. The number of benzene rings is 2.